The van der Waals surface area contributed by atoms with Gasteiger partial charge in [0.15, 0.2) is 5.75 Å². The van der Waals surface area contributed by atoms with Crippen molar-refractivity contribution in [1.82, 2.24) is 0 Å². The van der Waals surface area contributed by atoms with Crippen LogP contribution in [0.1, 0.15) is 10.4 Å². The predicted molar refractivity (Wildman–Crippen MR) is 95.2 cm³/mol. The van der Waals surface area contributed by atoms with Crippen LogP contribution in [-0.2, 0) is 0 Å². The second kappa shape index (κ2) is 7.41. The number of alkyl halides is 3. The molecule has 0 aliphatic heterocycles. The van der Waals surface area contributed by atoms with Gasteiger partial charge in [-0.3, -0.25) is 0 Å². The predicted octanol–water partition coefficient (Wildman–Crippen LogP) is 5.69. The fraction of sp³-hybridized carbons (Fsp3) is 0.0500. The van der Waals surface area contributed by atoms with Crippen molar-refractivity contribution < 1.29 is 27.8 Å². The Kier molecular flexibility index (Phi) is 5.03. The van der Waals surface area contributed by atoms with E-state index in [9.17, 15) is 23.1 Å². The molecule has 0 saturated carbocycles. The molecule has 0 unspecified atom stereocenters. The second-order valence-electron chi connectivity index (χ2n) is 5.60. The first-order valence-electron chi connectivity index (χ1n) is 7.88. The van der Waals surface area contributed by atoms with Crippen LogP contribution in [0.5, 0.6) is 5.75 Å². The minimum Gasteiger partial charge on any atom is -0.478 e. The van der Waals surface area contributed by atoms with Crippen molar-refractivity contribution in [2.75, 3.05) is 5.32 Å². The lowest BCUT2D eigenvalue weighted by Gasteiger charge is -2.16. The Hall–Kier alpha value is -3.48. The number of nitrogens with one attached hydrogen (secondary N) is 1. The molecule has 0 bridgehead atoms. The molecule has 3 aromatic carbocycles. The summed E-state index contributed by atoms with van der Waals surface area (Å²) >= 11 is 0. The number of carboxylic acid groups (broad SMARTS) is 1. The molecule has 7 heteroatoms. The van der Waals surface area contributed by atoms with E-state index in [1.807, 2.05) is 30.3 Å². The molecule has 0 heterocycles. The summed E-state index contributed by atoms with van der Waals surface area (Å²) in [6.07, 6.45) is -4.86. The van der Waals surface area contributed by atoms with Gasteiger partial charge in [-0.05, 0) is 35.4 Å². The van der Waals surface area contributed by atoms with Gasteiger partial charge in [-0.25, -0.2) is 4.79 Å². The van der Waals surface area contributed by atoms with E-state index in [-0.39, 0.29) is 16.9 Å². The number of benzene rings is 3. The van der Waals surface area contributed by atoms with E-state index in [0.29, 0.717) is 0 Å². The molecule has 2 N–H and O–H groups in total. The third-order valence-electron chi connectivity index (χ3n) is 3.74. The van der Waals surface area contributed by atoms with Crippen LogP contribution in [0, 0.1) is 0 Å². The van der Waals surface area contributed by atoms with Crippen LogP contribution in [0.25, 0.3) is 11.1 Å². The Morgan fingerprint density at radius 1 is 0.852 bits per heavy atom. The summed E-state index contributed by atoms with van der Waals surface area (Å²) in [6, 6.07) is 19.3. The van der Waals surface area contributed by atoms with Crippen molar-refractivity contribution in [2.24, 2.45) is 0 Å². The van der Waals surface area contributed by atoms with Crippen LogP contribution in [0.2, 0.25) is 0 Å². The Bertz CT molecular complexity index is 956. The highest BCUT2D eigenvalue weighted by molar-refractivity contribution is 5.96. The van der Waals surface area contributed by atoms with Crippen LogP contribution in [0.4, 0.5) is 24.5 Å². The van der Waals surface area contributed by atoms with E-state index in [0.717, 1.165) is 17.2 Å². The standard InChI is InChI=1S/C20H14F3NO3/c21-20(22,23)27-18-9-5-4-8-16(18)24-17-12-14(10-11-15(17)19(25)26)13-6-2-1-3-7-13/h1-12,24H,(H,25,26). The van der Waals surface area contributed by atoms with Crippen molar-refractivity contribution >= 4 is 17.3 Å². The average Bonchev–Trinajstić information content (AvgIpc) is 2.62. The van der Waals surface area contributed by atoms with Crippen molar-refractivity contribution in [3.8, 4) is 16.9 Å². The van der Waals surface area contributed by atoms with Gasteiger partial charge in [0.1, 0.15) is 0 Å². The zero-order chi connectivity index (χ0) is 19.4. The molecule has 138 valence electrons. The van der Waals surface area contributed by atoms with Gasteiger partial charge < -0.3 is 15.2 Å². The molecule has 0 aliphatic carbocycles. The van der Waals surface area contributed by atoms with Gasteiger partial charge in [0.05, 0.1) is 16.9 Å². The van der Waals surface area contributed by atoms with Crippen molar-refractivity contribution in [3.05, 3.63) is 78.4 Å². The van der Waals surface area contributed by atoms with E-state index in [1.54, 1.807) is 12.1 Å². The van der Waals surface area contributed by atoms with Gasteiger partial charge in [-0.1, -0.05) is 48.5 Å². The first-order valence-corrected chi connectivity index (χ1v) is 7.88. The molecule has 0 saturated heterocycles. The van der Waals surface area contributed by atoms with Crippen LogP contribution in [-0.4, -0.2) is 17.4 Å². The molecule has 4 nitrogen and oxygen atoms in total. The smallest absolute Gasteiger partial charge is 0.478 e. The maximum Gasteiger partial charge on any atom is 0.573 e. The second-order valence-corrected chi connectivity index (χ2v) is 5.60. The maximum absolute atomic E-state index is 12.6. The minimum absolute atomic E-state index is 0.00235. The summed E-state index contributed by atoms with van der Waals surface area (Å²) in [5.41, 5.74) is 1.65. The Morgan fingerprint density at radius 2 is 1.52 bits per heavy atom. The number of anilines is 2. The Labute approximate surface area is 152 Å². The molecule has 3 rings (SSSR count). The van der Waals surface area contributed by atoms with E-state index in [1.165, 1.54) is 24.3 Å². The van der Waals surface area contributed by atoms with Crippen LogP contribution >= 0.6 is 0 Å². The number of rotatable bonds is 5. The summed E-state index contributed by atoms with van der Waals surface area (Å²) in [4.78, 5) is 11.5. The molecule has 27 heavy (non-hydrogen) atoms. The van der Waals surface area contributed by atoms with Gasteiger partial charge in [0, 0.05) is 0 Å². The molecule has 0 spiro atoms. The summed E-state index contributed by atoms with van der Waals surface area (Å²) in [5, 5.41) is 12.2. The van der Waals surface area contributed by atoms with Gasteiger partial charge in [0.25, 0.3) is 0 Å². The average molecular weight is 373 g/mol. The van der Waals surface area contributed by atoms with Gasteiger partial charge in [-0.2, -0.15) is 0 Å². The highest BCUT2D eigenvalue weighted by Crippen LogP contribution is 2.34. The largest absolute Gasteiger partial charge is 0.573 e. The fourth-order valence-electron chi connectivity index (χ4n) is 2.57. The van der Waals surface area contributed by atoms with Gasteiger partial charge in [0.2, 0.25) is 0 Å². The number of carboxylic acids is 1. The molecule has 0 radical (unpaired) electrons. The summed E-state index contributed by atoms with van der Waals surface area (Å²) < 4.78 is 41.8. The normalized spacial score (nSPS) is 11.1. The van der Waals surface area contributed by atoms with Crippen molar-refractivity contribution in [2.45, 2.75) is 6.36 Å². The third-order valence-corrected chi connectivity index (χ3v) is 3.74. The summed E-state index contributed by atoms with van der Waals surface area (Å²) in [7, 11) is 0. The highest BCUT2D eigenvalue weighted by atomic mass is 19.4. The molecular formula is C20H14F3NO3. The van der Waals surface area contributed by atoms with E-state index >= 15 is 0 Å². The first-order chi connectivity index (χ1) is 12.8. The molecule has 3 aromatic rings. The monoisotopic (exact) mass is 373 g/mol. The zero-order valence-electron chi connectivity index (χ0n) is 13.8. The van der Waals surface area contributed by atoms with E-state index < -0.39 is 18.1 Å². The maximum atomic E-state index is 12.6. The Balaban J connectivity index is 2.02. The molecular weight excluding hydrogens is 359 g/mol. The zero-order valence-corrected chi connectivity index (χ0v) is 13.8. The van der Waals surface area contributed by atoms with Crippen molar-refractivity contribution in [3.63, 3.8) is 0 Å². The van der Waals surface area contributed by atoms with Gasteiger partial charge in [-0.15, -0.1) is 13.2 Å². The first kappa shape index (κ1) is 18.3. The van der Waals surface area contributed by atoms with Crippen molar-refractivity contribution in [1.29, 1.82) is 0 Å². The fourth-order valence-corrected chi connectivity index (χ4v) is 2.57. The number of aromatic carboxylic acids is 1. The number of hydrogen-bond acceptors (Lipinski definition) is 3. The summed E-state index contributed by atoms with van der Waals surface area (Å²) in [6.45, 7) is 0. The number of hydrogen-bond donors (Lipinski definition) is 2. The third kappa shape index (κ3) is 4.58. The van der Waals surface area contributed by atoms with Crippen LogP contribution in [0.3, 0.4) is 0 Å². The number of halogens is 3. The number of carbonyl (C=O) groups is 1. The lowest BCUT2D eigenvalue weighted by molar-refractivity contribution is -0.274. The SMILES string of the molecule is O=C(O)c1ccc(-c2ccccc2)cc1Nc1ccccc1OC(F)(F)F. The van der Waals surface area contributed by atoms with Gasteiger partial charge >= 0.3 is 12.3 Å². The molecule has 0 amide bonds. The van der Waals surface area contributed by atoms with E-state index in [2.05, 4.69) is 10.1 Å². The molecule has 0 aliphatic rings. The molecule has 0 atom stereocenters. The summed E-state index contributed by atoms with van der Waals surface area (Å²) in [5.74, 6) is -1.65. The topological polar surface area (TPSA) is 58.6 Å². The van der Waals surface area contributed by atoms with E-state index in [4.69, 9.17) is 0 Å². The quantitative estimate of drug-likeness (QED) is 0.603. The lowest BCUT2D eigenvalue weighted by atomic mass is 10.0. The van der Waals surface area contributed by atoms with Crippen LogP contribution in [0.15, 0.2) is 72.8 Å². The Morgan fingerprint density at radius 3 is 2.19 bits per heavy atom. The minimum atomic E-state index is -4.86. The highest BCUT2D eigenvalue weighted by Gasteiger charge is 2.32. The van der Waals surface area contributed by atoms with Crippen LogP contribution < -0.4 is 10.1 Å². The number of para-hydroxylation sites is 2. The molecule has 0 aromatic heterocycles. The number of ether oxygens (including phenoxy) is 1. The molecule has 0 fully saturated rings. The lowest BCUT2D eigenvalue weighted by Crippen LogP contribution is -2.18.